The summed E-state index contributed by atoms with van der Waals surface area (Å²) in [5.41, 5.74) is 5.57. The van der Waals surface area contributed by atoms with Gasteiger partial charge in [0.05, 0.1) is 0 Å². The Balaban J connectivity index is 2.03. The van der Waals surface area contributed by atoms with Gasteiger partial charge in [-0.25, -0.2) is 14.2 Å². The molecular formula is C16H17FN4O3. The molecule has 24 heavy (non-hydrogen) atoms. The number of hydrogen-bond acceptors (Lipinski definition) is 4. The number of nitrogens with two attached hydrogens (primary N) is 1. The van der Waals surface area contributed by atoms with Gasteiger partial charge in [-0.15, -0.1) is 0 Å². The molecule has 4 N–H and O–H groups in total. The molecule has 2 aromatic rings. The maximum Gasteiger partial charge on any atom is 0.312 e. The summed E-state index contributed by atoms with van der Waals surface area (Å²) in [6, 6.07) is 7.50. The molecule has 2 rings (SSSR count). The number of amides is 3. The van der Waals surface area contributed by atoms with Gasteiger partial charge in [-0.05, 0) is 25.1 Å². The molecule has 0 saturated carbocycles. The normalized spacial score (nSPS) is 11.4. The molecule has 0 radical (unpaired) electrons. The Bertz CT molecular complexity index is 739. The third-order valence-electron chi connectivity index (χ3n) is 3.07. The Morgan fingerprint density at radius 2 is 2.12 bits per heavy atom. The molecule has 0 spiro atoms. The first-order valence-electron chi connectivity index (χ1n) is 7.16. The monoisotopic (exact) mass is 332 g/mol. The Hall–Kier alpha value is -3.16. The van der Waals surface area contributed by atoms with E-state index in [1.807, 2.05) is 0 Å². The molecule has 1 aromatic carbocycles. The van der Waals surface area contributed by atoms with Crippen molar-refractivity contribution < 1.29 is 18.7 Å². The zero-order valence-corrected chi connectivity index (χ0v) is 13.0. The van der Waals surface area contributed by atoms with Gasteiger partial charge in [0.2, 0.25) is 11.8 Å². The average molecular weight is 332 g/mol. The van der Waals surface area contributed by atoms with E-state index >= 15 is 0 Å². The molecule has 3 amide bonds. The molecule has 0 fully saturated rings. The fourth-order valence-electron chi connectivity index (χ4n) is 1.91. The van der Waals surface area contributed by atoms with Gasteiger partial charge < -0.3 is 21.1 Å². The van der Waals surface area contributed by atoms with Gasteiger partial charge in [0.1, 0.15) is 17.6 Å². The third-order valence-corrected chi connectivity index (χ3v) is 3.07. The van der Waals surface area contributed by atoms with Crippen molar-refractivity contribution in [2.75, 3.05) is 0 Å². The second-order valence-electron chi connectivity index (χ2n) is 4.98. The van der Waals surface area contributed by atoms with Crippen LogP contribution in [0.4, 0.5) is 9.18 Å². The van der Waals surface area contributed by atoms with Crippen LogP contribution in [0.15, 0.2) is 42.6 Å². The highest BCUT2D eigenvalue weighted by Gasteiger charge is 2.15. The van der Waals surface area contributed by atoms with Crippen LogP contribution >= 0.6 is 0 Å². The van der Waals surface area contributed by atoms with Gasteiger partial charge in [-0.2, -0.15) is 0 Å². The van der Waals surface area contributed by atoms with Crippen molar-refractivity contribution >= 4 is 11.9 Å². The van der Waals surface area contributed by atoms with Crippen LogP contribution in [0.5, 0.6) is 11.6 Å². The largest absolute Gasteiger partial charge is 0.439 e. The van der Waals surface area contributed by atoms with E-state index in [4.69, 9.17) is 10.5 Å². The lowest BCUT2D eigenvalue weighted by atomic mass is 10.2. The average Bonchev–Trinajstić information content (AvgIpc) is 2.53. The maximum atomic E-state index is 13.2. The SMILES string of the molecule is CC(NC(N)=O)C(=O)NCc1cccnc1Oc1cccc(F)c1. The summed E-state index contributed by atoms with van der Waals surface area (Å²) >= 11 is 0. The summed E-state index contributed by atoms with van der Waals surface area (Å²) in [5, 5.41) is 4.92. The highest BCUT2D eigenvalue weighted by atomic mass is 19.1. The van der Waals surface area contributed by atoms with Crippen molar-refractivity contribution in [2.24, 2.45) is 5.73 Å². The van der Waals surface area contributed by atoms with E-state index in [-0.39, 0.29) is 12.4 Å². The highest BCUT2D eigenvalue weighted by Crippen LogP contribution is 2.23. The number of carbonyl (C=O) groups excluding carboxylic acids is 2. The van der Waals surface area contributed by atoms with E-state index in [9.17, 15) is 14.0 Å². The van der Waals surface area contributed by atoms with Crippen LogP contribution in [0.2, 0.25) is 0 Å². The van der Waals surface area contributed by atoms with Crippen molar-refractivity contribution in [3.8, 4) is 11.6 Å². The summed E-state index contributed by atoms with van der Waals surface area (Å²) < 4.78 is 18.8. The number of nitrogens with zero attached hydrogens (tertiary/aromatic N) is 1. The lowest BCUT2D eigenvalue weighted by molar-refractivity contribution is -0.122. The van der Waals surface area contributed by atoms with Crippen LogP contribution in [-0.4, -0.2) is 23.0 Å². The van der Waals surface area contributed by atoms with Crippen LogP contribution in [0.1, 0.15) is 12.5 Å². The van der Waals surface area contributed by atoms with E-state index in [0.29, 0.717) is 11.3 Å². The second-order valence-corrected chi connectivity index (χ2v) is 4.98. The van der Waals surface area contributed by atoms with E-state index < -0.39 is 23.8 Å². The molecule has 1 atom stereocenters. The number of benzene rings is 1. The molecule has 8 heteroatoms. The topological polar surface area (TPSA) is 106 Å². The molecule has 7 nitrogen and oxygen atoms in total. The van der Waals surface area contributed by atoms with Crippen LogP contribution in [0, 0.1) is 5.82 Å². The molecule has 0 aliphatic rings. The lowest BCUT2D eigenvalue weighted by Crippen LogP contribution is -2.46. The standard InChI is InChI=1S/C16H17FN4O3/c1-10(21-16(18)23)14(22)20-9-11-4-3-7-19-15(11)24-13-6-2-5-12(17)8-13/h2-8,10H,9H2,1H3,(H,20,22)(H3,18,21,23). The molecule has 1 unspecified atom stereocenters. The fraction of sp³-hybridized carbons (Fsp3) is 0.188. The Morgan fingerprint density at radius 1 is 1.33 bits per heavy atom. The first-order chi connectivity index (χ1) is 11.5. The molecule has 0 bridgehead atoms. The number of aromatic nitrogens is 1. The van der Waals surface area contributed by atoms with Crippen LogP contribution in [-0.2, 0) is 11.3 Å². The predicted octanol–water partition coefficient (Wildman–Crippen LogP) is 1.69. The summed E-state index contributed by atoms with van der Waals surface area (Å²) in [7, 11) is 0. The van der Waals surface area contributed by atoms with Crippen LogP contribution in [0.3, 0.4) is 0 Å². The van der Waals surface area contributed by atoms with Crippen molar-refractivity contribution in [2.45, 2.75) is 19.5 Å². The third kappa shape index (κ3) is 4.94. The number of rotatable bonds is 6. The predicted molar refractivity (Wildman–Crippen MR) is 84.7 cm³/mol. The van der Waals surface area contributed by atoms with E-state index in [0.717, 1.165) is 0 Å². The number of primary amides is 1. The Morgan fingerprint density at radius 3 is 2.83 bits per heavy atom. The molecule has 0 saturated heterocycles. The fourth-order valence-corrected chi connectivity index (χ4v) is 1.91. The van der Waals surface area contributed by atoms with Gasteiger partial charge in [-0.3, -0.25) is 4.79 Å². The molecule has 0 aliphatic heterocycles. The zero-order valence-electron chi connectivity index (χ0n) is 13.0. The molecule has 0 aliphatic carbocycles. The quantitative estimate of drug-likeness (QED) is 0.748. The number of hydrogen-bond donors (Lipinski definition) is 3. The van der Waals surface area contributed by atoms with E-state index in [1.165, 1.54) is 31.3 Å². The number of ether oxygens (including phenoxy) is 1. The zero-order chi connectivity index (χ0) is 17.5. The van der Waals surface area contributed by atoms with Gasteiger partial charge >= 0.3 is 6.03 Å². The van der Waals surface area contributed by atoms with Gasteiger partial charge in [0.25, 0.3) is 0 Å². The second kappa shape index (κ2) is 7.91. The summed E-state index contributed by atoms with van der Waals surface area (Å²) in [6.07, 6.45) is 1.53. The minimum absolute atomic E-state index is 0.127. The molecule has 1 heterocycles. The minimum atomic E-state index is -0.783. The smallest absolute Gasteiger partial charge is 0.312 e. The van der Waals surface area contributed by atoms with E-state index in [1.54, 1.807) is 18.2 Å². The Labute approximate surface area is 138 Å². The van der Waals surface area contributed by atoms with Gasteiger partial charge in [-0.1, -0.05) is 12.1 Å². The van der Waals surface area contributed by atoms with Crippen molar-refractivity contribution in [1.82, 2.24) is 15.6 Å². The first kappa shape index (κ1) is 17.2. The Kier molecular flexibility index (Phi) is 5.67. The summed E-state index contributed by atoms with van der Waals surface area (Å²) in [5.74, 6) is -0.289. The van der Waals surface area contributed by atoms with Crippen molar-refractivity contribution in [1.29, 1.82) is 0 Å². The van der Waals surface area contributed by atoms with E-state index in [2.05, 4.69) is 15.6 Å². The number of carbonyl (C=O) groups is 2. The lowest BCUT2D eigenvalue weighted by Gasteiger charge is -2.14. The number of urea groups is 1. The first-order valence-corrected chi connectivity index (χ1v) is 7.16. The number of halogens is 1. The number of pyridine rings is 1. The molecule has 1 aromatic heterocycles. The molecular weight excluding hydrogens is 315 g/mol. The van der Waals surface area contributed by atoms with Gasteiger partial charge in [0, 0.05) is 24.4 Å². The number of nitrogens with one attached hydrogen (secondary N) is 2. The highest BCUT2D eigenvalue weighted by molar-refractivity contribution is 5.86. The van der Waals surface area contributed by atoms with Crippen LogP contribution < -0.4 is 21.1 Å². The summed E-state index contributed by atoms with van der Waals surface area (Å²) in [4.78, 5) is 26.7. The van der Waals surface area contributed by atoms with Crippen molar-refractivity contribution in [3.05, 3.63) is 54.0 Å². The minimum Gasteiger partial charge on any atom is -0.439 e. The van der Waals surface area contributed by atoms with Gasteiger partial charge in [0.15, 0.2) is 0 Å². The summed E-state index contributed by atoms with van der Waals surface area (Å²) in [6.45, 7) is 1.63. The molecule has 126 valence electrons. The van der Waals surface area contributed by atoms with Crippen molar-refractivity contribution in [3.63, 3.8) is 0 Å². The van der Waals surface area contributed by atoms with Crippen LogP contribution in [0.25, 0.3) is 0 Å². The maximum absolute atomic E-state index is 13.2.